The Morgan fingerprint density at radius 1 is 1.39 bits per heavy atom. The molecule has 1 heterocycles. The number of nitrogens with two attached hydrogens (primary N) is 3. The van der Waals surface area contributed by atoms with Gasteiger partial charge in [0.1, 0.15) is 0 Å². The molecule has 10 heteroatoms. The monoisotopic (exact) mass is 257 g/mol. The first kappa shape index (κ1) is 13.6. The summed E-state index contributed by atoms with van der Waals surface area (Å²) >= 11 is 0. The van der Waals surface area contributed by atoms with Crippen LogP contribution >= 0.6 is 0 Å². The number of carbonyl (C=O) groups excluding carboxylic acids is 1. The second-order valence-corrected chi connectivity index (χ2v) is 3.08. The quantitative estimate of drug-likeness (QED) is 0.303. The Hall–Kier alpha value is -2.49. The zero-order valence-electron chi connectivity index (χ0n) is 9.22. The Bertz CT molecular complexity index is 491. The van der Waals surface area contributed by atoms with Crippen LogP contribution in [0.25, 0.3) is 0 Å². The number of aliphatic hydroxyl groups excluding tert-OH is 1. The number of nitrogens with one attached hydrogen (secondary N) is 1. The van der Waals surface area contributed by atoms with Crippen molar-refractivity contribution in [2.75, 3.05) is 24.6 Å². The molecule has 1 rings (SSSR count). The zero-order valence-corrected chi connectivity index (χ0v) is 9.22. The Morgan fingerprint density at radius 3 is 2.67 bits per heavy atom. The van der Waals surface area contributed by atoms with Crippen LogP contribution in [-0.2, 0) is 0 Å². The number of anilines is 2. The minimum absolute atomic E-state index is 0.0172. The molecular formula is C8H12FN7O2. The third-order valence-corrected chi connectivity index (χ3v) is 1.74. The van der Waals surface area contributed by atoms with Gasteiger partial charge < -0.3 is 22.3 Å². The fraction of sp³-hybridized carbons (Fsp3) is 0.250. The number of halogens is 1. The van der Waals surface area contributed by atoms with Crippen molar-refractivity contribution >= 4 is 23.5 Å². The molecule has 9 nitrogen and oxygen atoms in total. The van der Waals surface area contributed by atoms with Crippen molar-refractivity contribution in [3.8, 4) is 0 Å². The number of hydrogen-bond acceptors (Lipinski definition) is 7. The van der Waals surface area contributed by atoms with E-state index in [1.807, 2.05) is 0 Å². The lowest BCUT2D eigenvalue weighted by Gasteiger charge is -2.06. The number of nitrogen functional groups attached to an aromatic ring is 2. The van der Waals surface area contributed by atoms with Crippen LogP contribution in [0.15, 0.2) is 4.99 Å². The predicted octanol–water partition coefficient (Wildman–Crippen LogP) is -2.18. The highest BCUT2D eigenvalue weighted by atomic mass is 19.1. The summed E-state index contributed by atoms with van der Waals surface area (Å²) in [4.78, 5) is 21.8. The van der Waals surface area contributed by atoms with E-state index < -0.39 is 23.4 Å². The molecule has 0 aliphatic heterocycles. The standard InChI is InChI=1S/C8H12FN7O2/c9-4-6(11)15-5(10)3(14-4)7(18)16-8(12)13-1-2-17/h17H,1-2H2,(H4,10,11,15)(H3,12,13,16,18). The number of guanidine groups is 1. The van der Waals surface area contributed by atoms with Crippen LogP contribution in [0.4, 0.5) is 16.0 Å². The normalized spacial score (nSPS) is 11.3. The number of aliphatic hydroxyl groups is 1. The predicted molar refractivity (Wildman–Crippen MR) is 61.9 cm³/mol. The second kappa shape index (κ2) is 5.72. The van der Waals surface area contributed by atoms with Gasteiger partial charge in [-0.1, -0.05) is 0 Å². The molecule has 0 fully saturated rings. The molecular weight excluding hydrogens is 245 g/mol. The van der Waals surface area contributed by atoms with Crippen molar-refractivity contribution in [2.24, 2.45) is 10.7 Å². The summed E-state index contributed by atoms with van der Waals surface area (Å²) in [7, 11) is 0. The summed E-state index contributed by atoms with van der Waals surface area (Å²) in [5, 5.41) is 10.6. The van der Waals surface area contributed by atoms with E-state index in [-0.39, 0.29) is 24.9 Å². The minimum Gasteiger partial charge on any atom is -0.394 e. The van der Waals surface area contributed by atoms with Gasteiger partial charge in [0.05, 0.1) is 13.2 Å². The van der Waals surface area contributed by atoms with Gasteiger partial charge in [-0.2, -0.15) is 4.39 Å². The highest BCUT2D eigenvalue weighted by Gasteiger charge is 2.17. The van der Waals surface area contributed by atoms with Gasteiger partial charge in [0.25, 0.3) is 11.9 Å². The van der Waals surface area contributed by atoms with Crippen LogP contribution in [0.1, 0.15) is 10.5 Å². The average molecular weight is 257 g/mol. The van der Waals surface area contributed by atoms with Crippen molar-refractivity contribution in [3.63, 3.8) is 0 Å². The van der Waals surface area contributed by atoms with E-state index in [0.29, 0.717) is 0 Å². The molecule has 1 amide bonds. The molecule has 0 radical (unpaired) electrons. The number of nitrogens with zero attached hydrogens (tertiary/aromatic N) is 3. The Labute approximate surface area is 101 Å². The first-order valence-electron chi connectivity index (χ1n) is 4.76. The Kier molecular flexibility index (Phi) is 4.32. The largest absolute Gasteiger partial charge is 0.394 e. The van der Waals surface area contributed by atoms with Gasteiger partial charge in [0.2, 0.25) is 0 Å². The summed E-state index contributed by atoms with van der Waals surface area (Å²) in [5.74, 6) is -3.09. The Morgan fingerprint density at radius 2 is 2.06 bits per heavy atom. The summed E-state index contributed by atoms with van der Waals surface area (Å²) in [5.41, 5.74) is 15.3. The van der Waals surface area contributed by atoms with Gasteiger partial charge in [-0.3, -0.25) is 15.1 Å². The molecule has 18 heavy (non-hydrogen) atoms. The molecule has 0 aliphatic rings. The average Bonchev–Trinajstić information content (AvgIpc) is 2.31. The molecule has 0 saturated heterocycles. The van der Waals surface area contributed by atoms with Crippen LogP contribution in [0, 0.1) is 5.95 Å². The lowest BCUT2D eigenvalue weighted by Crippen LogP contribution is -2.38. The van der Waals surface area contributed by atoms with Crippen LogP contribution in [0.5, 0.6) is 0 Å². The highest BCUT2D eigenvalue weighted by Crippen LogP contribution is 2.10. The van der Waals surface area contributed by atoms with E-state index in [1.165, 1.54) is 0 Å². The molecule has 0 aliphatic carbocycles. The number of aromatic nitrogens is 2. The molecule has 0 bridgehead atoms. The molecule has 98 valence electrons. The molecule has 1 aromatic rings. The fourth-order valence-electron chi connectivity index (χ4n) is 0.994. The summed E-state index contributed by atoms with van der Waals surface area (Å²) in [6, 6.07) is 0. The lowest BCUT2D eigenvalue weighted by molar-refractivity contribution is 0.0971. The van der Waals surface area contributed by atoms with Crippen LogP contribution in [0.2, 0.25) is 0 Å². The highest BCUT2D eigenvalue weighted by molar-refractivity contribution is 6.06. The number of amides is 1. The second-order valence-electron chi connectivity index (χ2n) is 3.08. The van der Waals surface area contributed by atoms with Crippen molar-refractivity contribution in [1.82, 2.24) is 15.3 Å². The maximum atomic E-state index is 13.0. The van der Waals surface area contributed by atoms with Crippen molar-refractivity contribution in [2.45, 2.75) is 0 Å². The number of rotatable bonds is 3. The topological polar surface area (TPSA) is 166 Å². The first-order chi connectivity index (χ1) is 8.45. The van der Waals surface area contributed by atoms with Crippen LogP contribution in [0.3, 0.4) is 0 Å². The van der Waals surface area contributed by atoms with E-state index in [4.69, 9.17) is 22.3 Å². The summed E-state index contributed by atoms with van der Waals surface area (Å²) in [6.07, 6.45) is 0. The van der Waals surface area contributed by atoms with E-state index in [9.17, 15) is 9.18 Å². The number of carbonyl (C=O) groups is 1. The van der Waals surface area contributed by atoms with Crippen molar-refractivity contribution in [1.29, 1.82) is 0 Å². The van der Waals surface area contributed by atoms with Crippen molar-refractivity contribution < 1.29 is 14.3 Å². The smallest absolute Gasteiger partial charge is 0.280 e. The van der Waals surface area contributed by atoms with E-state index in [0.717, 1.165) is 0 Å². The molecule has 0 aromatic carbocycles. The van der Waals surface area contributed by atoms with Gasteiger partial charge in [-0.15, -0.1) is 0 Å². The van der Waals surface area contributed by atoms with Gasteiger partial charge >= 0.3 is 0 Å². The third kappa shape index (κ3) is 3.25. The van der Waals surface area contributed by atoms with Crippen molar-refractivity contribution in [3.05, 3.63) is 11.6 Å². The fourth-order valence-corrected chi connectivity index (χ4v) is 0.994. The van der Waals surface area contributed by atoms with Gasteiger partial charge in [0.15, 0.2) is 23.3 Å². The SMILES string of the molecule is NC(=NCCO)NC(=O)c1nc(F)c(N)nc1N. The van der Waals surface area contributed by atoms with E-state index >= 15 is 0 Å². The molecule has 0 saturated carbocycles. The lowest BCUT2D eigenvalue weighted by atomic mass is 10.4. The number of aliphatic imine (C=N–C) groups is 1. The minimum atomic E-state index is -1.11. The van der Waals surface area contributed by atoms with Crippen LogP contribution in [-0.4, -0.2) is 40.1 Å². The van der Waals surface area contributed by atoms with E-state index in [2.05, 4.69) is 20.3 Å². The maximum absolute atomic E-state index is 13.0. The van der Waals surface area contributed by atoms with Gasteiger partial charge in [0, 0.05) is 0 Å². The van der Waals surface area contributed by atoms with E-state index in [1.54, 1.807) is 0 Å². The molecule has 0 atom stereocenters. The molecule has 8 N–H and O–H groups in total. The van der Waals surface area contributed by atoms with Crippen LogP contribution < -0.4 is 22.5 Å². The van der Waals surface area contributed by atoms with Gasteiger partial charge in [-0.25, -0.2) is 9.97 Å². The molecule has 1 aromatic heterocycles. The Balaban J connectivity index is 2.88. The maximum Gasteiger partial charge on any atom is 0.280 e. The summed E-state index contributed by atoms with van der Waals surface area (Å²) in [6.45, 7) is -0.210. The van der Waals surface area contributed by atoms with Gasteiger partial charge in [-0.05, 0) is 0 Å². The summed E-state index contributed by atoms with van der Waals surface area (Å²) < 4.78 is 13.0. The number of hydrogen-bond donors (Lipinski definition) is 5. The zero-order chi connectivity index (χ0) is 13.7. The molecule has 0 unspecified atom stereocenters. The third-order valence-electron chi connectivity index (χ3n) is 1.74. The molecule has 0 spiro atoms. The first-order valence-corrected chi connectivity index (χ1v) is 4.76.